The third-order valence-corrected chi connectivity index (χ3v) is 6.89. The van der Waals surface area contributed by atoms with Gasteiger partial charge in [-0.05, 0) is 72.7 Å². The molecule has 0 radical (unpaired) electrons. The summed E-state index contributed by atoms with van der Waals surface area (Å²) in [5.41, 5.74) is 8.35. The molecule has 4 aromatic carbocycles. The summed E-state index contributed by atoms with van der Waals surface area (Å²) in [6.45, 7) is 2.00. The summed E-state index contributed by atoms with van der Waals surface area (Å²) in [6, 6.07) is 25.2. The number of rotatable bonds is 9. The van der Waals surface area contributed by atoms with Crippen LogP contribution in [0.15, 0.2) is 102 Å². The summed E-state index contributed by atoms with van der Waals surface area (Å²) < 4.78 is 6.89. The summed E-state index contributed by atoms with van der Waals surface area (Å²) in [5.74, 6) is -0.217. The maximum atomic E-state index is 12.9. The number of hydrogen-bond donors (Lipinski definition) is 4. The van der Waals surface area contributed by atoms with Crippen LogP contribution in [0, 0.1) is 5.92 Å². The summed E-state index contributed by atoms with van der Waals surface area (Å²) in [5, 5.41) is 17.4. The number of phenols is 1. The zero-order valence-electron chi connectivity index (χ0n) is 21.4. The molecule has 8 heteroatoms. The number of carbonyl (C=O) groups is 2. The smallest absolute Gasteiger partial charge is 0.412 e. The number of amides is 2. The molecule has 4 aromatic rings. The summed E-state index contributed by atoms with van der Waals surface area (Å²) >= 11 is 3.39. The number of allylic oxidation sites excluding steroid dienone is 1. The number of carbonyl (C=O) groups excluding carboxylic acids is 2. The molecule has 7 nitrogen and oxygen atoms in total. The van der Waals surface area contributed by atoms with Gasteiger partial charge in [0.25, 0.3) is 0 Å². The molecule has 0 saturated carbocycles. The molecule has 0 aliphatic heterocycles. The van der Waals surface area contributed by atoms with Gasteiger partial charge >= 0.3 is 6.09 Å². The molecule has 0 fully saturated rings. The van der Waals surface area contributed by atoms with Gasteiger partial charge in [0.15, 0.2) is 0 Å². The predicted octanol–water partition coefficient (Wildman–Crippen LogP) is 7.79. The zero-order valence-corrected chi connectivity index (χ0v) is 23.0. The summed E-state index contributed by atoms with van der Waals surface area (Å²) in [6.07, 6.45) is 3.31. The van der Waals surface area contributed by atoms with E-state index >= 15 is 0 Å². The van der Waals surface area contributed by atoms with E-state index in [0.717, 1.165) is 15.4 Å². The van der Waals surface area contributed by atoms with Crippen LogP contribution in [0.4, 0.5) is 21.9 Å². The van der Waals surface area contributed by atoms with Crippen molar-refractivity contribution in [2.45, 2.75) is 25.9 Å². The van der Waals surface area contributed by atoms with Crippen LogP contribution in [0.25, 0.3) is 10.8 Å². The Morgan fingerprint density at radius 2 is 1.64 bits per heavy atom. The first-order valence-electron chi connectivity index (χ1n) is 12.6. The number of phenolic OH excluding ortho intramolecular Hbond substituents is 1. The zero-order chi connectivity index (χ0) is 27.8. The van der Waals surface area contributed by atoms with Gasteiger partial charge in [-0.3, -0.25) is 10.1 Å². The van der Waals surface area contributed by atoms with Crippen molar-refractivity contribution in [3.05, 3.63) is 107 Å². The first-order chi connectivity index (χ1) is 18.8. The third-order valence-electron chi connectivity index (χ3n) is 6.36. The second kappa shape index (κ2) is 13.0. The molecule has 2 atom stereocenters. The number of benzene rings is 4. The second-order valence-corrected chi connectivity index (χ2v) is 10.1. The lowest BCUT2D eigenvalue weighted by atomic mass is 9.89. The molecule has 0 aromatic heterocycles. The Kier molecular flexibility index (Phi) is 9.22. The number of para-hydroxylation sites is 2. The van der Waals surface area contributed by atoms with Crippen LogP contribution in [-0.4, -0.2) is 17.1 Å². The Bertz CT molecular complexity index is 1490. The van der Waals surface area contributed by atoms with Gasteiger partial charge in [0.05, 0.1) is 11.4 Å². The number of aromatic hydroxyl groups is 1. The lowest BCUT2D eigenvalue weighted by Crippen LogP contribution is -2.22. The van der Waals surface area contributed by atoms with Crippen LogP contribution >= 0.6 is 15.9 Å². The van der Waals surface area contributed by atoms with E-state index in [-0.39, 0.29) is 17.6 Å². The SMILES string of the molecule is C[C@H](CC/C=C/C(=O)Nc1ccccc1N)[C@@H](OC(=O)Nc1ccc(Br)cc1)c1ccc(O)c2ccccc12. The van der Waals surface area contributed by atoms with Gasteiger partial charge in [-0.15, -0.1) is 0 Å². The number of hydrogen-bond acceptors (Lipinski definition) is 5. The molecule has 39 heavy (non-hydrogen) atoms. The highest BCUT2D eigenvalue weighted by molar-refractivity contribution is 9.10. The van der Waals surface area contributed by atoms with Gasteiger partial charge < -0.3 is 20.9 Å². The van der Waals surface area contributed by atoms with Crippen LogP contribution in [0.5, 0.6) is 5.75 Å². The molecule has 0 heterocycles. The van der Waals surface area contributed by atoms with Crippen molar-refractivity contribution in [2.75, 3.05) is 16.4 Å². The highest BCUT2D eigenvalue weighted by Crippen LogP contribution is 2.37. The molecule has 4 rings (SSSR count). The molecule has 0 saturated heterocycles. The predicted molar refractivity (Wildman–Crippen MR) is 160 cm³/mol. The van der Waals surface area contributed by atoms with E-state index in [9.17, 15) is 14.7 Å². The number of anilines is 3. The standard InChI is InChI=1S/C31H30BrN3O4/c1-20(8-2-7-13-29(37)35-27-12-6-5-11-26(27)33)30(39-31(38)34-22-16-14-21(32)15-17-22)25-18-19-28(36)24-10-4-3-9-23(24)25/h3-7,9-20,30,36H,2,8,33H2,1H3,(H,34,38)(H,35,37)/b13-7+/t20-,30-/m1/s1. The van der Waals surface area contributed by atoms with Gasteiger partial charge in [0.1, 0.15) is 11.9 Å². The van der Waals surface area contributed by atoms with E-state index in [1.807, 2.05) is 43.3 Å². The van der Waals surface area contributed by atoms with Crippen molar-refractivity contribution >= 4 is 55.8 Å². The molecule has 0 bridgehead atoms. The molecule has 5 N–H and O–H groups in total. The largest absolute Gasteiger partial charge is 0.507 e. The number of nitrogens with one attached hydrogen (secondary N) is 2. The number of nitrogens with two attached hydrogens (primary N) is 1. The fourth-order valence-corrected chi connectivity index (χ4v) is 4.59. The van der Waals surface area contributed by atoms with Gasteiger partial charge in [0, 0.05) is 21.1 Å². The average molecular weight is 589 g/mol. The van der Waals surface area contributed by atoms with Gasteiger partial charge in [0.2, 0.25) is 5.91 Å². The van der Waals surface area contributed by atoms with Crippen LogP contribution in [0.2, 0.25) is 0 Å². The number of halogens is 1. The number of ether oxygens (including phenoxy) is 1. The minimum absolute atomic E-state index is 0.105. The monoisotopic (exact) mass is 587 g/mol. The van der Waals surface area contributed by atoms with Crippen molar-refractivity contribution in [3.63, 3.8) is 0 Å². The fraction of sp³-hybridized carbons (Fsp3) is 0.161. The Hall–Kier alpha value is -4.30. The maximum Gasteiger partial charge on any atom is 0.412 e. The van der Waals surface area contributed by atoms with Crippen molar-refractivity contribution < 1.29 is 19.4 Å². The molecule has 200 valence electrons. The first-order valence-corrected chi connectivity index (χ1v) is 13.4. The normalized spacial score (nSPS) is 12.7. The van der Waals surface area contributed by atoms with Crippen molar-refractivity contribution in [3.8, 4) is 5.75 Å². The van der Waals surface area contributed by atoms with Crippen LogP contribution in [0.1, 0.15) is 31.4 Å². The molecule has 0 spiro atoms. The molecular formula is C31H30BrN3O4. The van der Waals surface area contributed by atoms with E-state index in [1.165, 1.54) is 6.08 Å². The van der Waals surface area contributed by atoms with E-state index in [1.54, 1.807) is 54.6 Å². The number of fused-ring (bicyclic) bond motifs is 1. The minimum atomic E-state index is -0.600. The Morgan fingerprint density at radius 3 is 2.38 bits per heavy atom. The molecular weight excluding hydrogens is 558 g/mol. The van der Waals surface area contributed by atoms with E-state index in [4.69, 9.17) is 10.5 Å². The van der Waals surface area contributed by atoms with Crippen molar-refractivity contribution in [1.82, 2.24) is 0 Å². The van der Waals surface area contributed by atoms with Crippen molar-refractivity contribution in [2.24, 2.45) is 5.92 Å². The highest BCUT2D eigenvalue weighted by Gasteiger charge is 2.26. The second-order valence-electron chi connectivity index (χ2n) is 9.21. The highest BCUT2D eigenvalue weighted by atomic mass is 79.9. The third kappa shape index (κ3) is 7.39. The van der Waals surface area contributed by atoms with E-state index in [0.29, 0.717) is 35.3 Å². The lowest BCUT2D eigenvalue weighted by molar-refractivity contribution is -0.111. The van der Waals surface area contributed by atoms with E-state index in [2.05, 4.69) is 26.6 Å². The maximum absolute atomic E-state index is 12.9. The van der Waals surface area contributed by atoms with Crippen LogP contribution < -0.4 is 16.4 Å². The van der Waals surface area contributed by atoms with E-state index < -0.39 is 12.2 Å². The molecule has 0 aliphatic carbocycles. The molecule has 0 unspecified atom stereocenters. The summed E-state index contributed by atoms with van der Waals surface area (Å²) in [4.78, 5) is 25.3. The van der Waals surface area contributed by atoms with Gasteiger partial charge in [-0.2, -0.15) is 0 Å². The van der Waals surface area contributed by atoms with Crippen LogP contribution in [-0.2, 0) is 9.53 Å². The minimum Gasteiger partial charge on any atom is -0.507 e. The van der Waals surface area contributed by atoms with Crippen LogP contribution in [0.3, 0.4) is 0 Å². The number of nitrogen functional groups attached to an aromatic ring is 1. The van der Waals surface area contributed by atoms with Crippen molar-refractivity contribution in [1.29, 1.82) is 0 Å². The fourth-order valence-electron chi connectivity index (χ4n) is 4.32. The van der Waals surface area contributed by atoms with Gasteiger partial charge in [-0.25, -0.2) is 4.79 Å². The first kappa shape index (κ1) is 27.7. The Balaban J connectivity index is 1.48. The van der Waals surface area contributed by atoms with Gasteiger partial charge in [-0.1, -0.05) is 71.4 Å². The molecule has 2 amide bonds. The topological polar surface area (TPSA) is 114 Å². The Morgan fingerprint density at radius 1 is 0.949 bits per heavy atom. The average Bonchev–Trinajstić information content (AvgIpc) is 2.93. The Labute approximate surface area is 235 Å². The molecule has 0 aliphatic rings. The quantitative estimate of drug-likeness (QED) is 0.118. The summed E-state index contributed by atoms with van der Waals surface area (Å²) in [7, 11) is 0. The lowest BCUT2D eigenvalue weighted by Gasteiger charge is -2.26.